The molecule has 90 valence electrons. The average Bonchev–Trinajstić information content (AvgIpc) is 2.89. The lowest BCUT2D eigenvalue weighted by Crippen LogP contribution is -2.18. The van der Waals surface area contributed by atoms with Gasteiger partial charge < -0.3 is 10.1 Å². The quantitative estimate of drug-likeness (QED) is 0.830. The van der Waals surface area contributed by atoms with Crippen LogP contribution in [0.2, 0.25) is 0 Å². The molecule has 2 N–H and O–H groups in total. The molecule has 2 aromatic rings. The van der Waals surface area contributed by atoms with Gasteiger partial charge in [0.1, 0.15) is 5.75 Å². The van der Waals surface area contributed by atoms with Crippen LogP contribution in [-0.4, -0.2) is 17.3 Å². The van der Waals surface area contributed by atoms with Gasteiger partial charge in [-0.2, -0.15) is 5.10 Å². The standard InChI is InChI=1S/C13H17N3O/c1-10(14-9-12-7-8-15-16-12)11-3-5-13(17-2)6-4-11/h3-8,10,14H,9H2,1-2H3,(H,15,16)/t10-/m0/s1. The molecule has 0 spiro atoms. The number of aromatic nitrogens is 2. The highest BCUT2D eigenvalue weighted by molar-refractivity contribution is 5.28. The Balaban J connectivity index is 1.92. The second-order valence-corrected chi connectivity index (χ2v) is 3.96. The number of hydrogen-bond donors (Lipinski definition) is 2. The summed E-state index contributed by atoms with van der Waals surface area (Å²) in [5, 5.41) is 10.3. The Kier molecular flexibility index (Phi) is 3.77. The number of benzene rings is 1. The fourth-order valence-corrected chi connectivity index (χ4v) is 1.66. The number of ether oxygens (including phenoxy) is 1. The van der Waals surface area contributed by atoms with E-state index in [2.05, 4.69) is 34.6 Å². The summed E-state index contributed by atoms with van der Waals surface area (Å²) in [6, 6.07) is 10.4. The Morgan fingerprint density at radius 3 is 2.65 bits per heavy atom. The molecule has 2 rings (SSSR count). The first kappa shape index (κ1) is 11.7. The summed E-state index contributed by atoms with van der Waals surface area (Å²) in [7, 11) is 1.68. The number of nitrogens with zero attached hydrogens (tertiary/aromatic N) is 1. The second-order valence-electron chi connectivity index (χ2n) is 3.96. The SMILES string of the molecule is COc1ccc([C@H](C)NCc2ccn[nH]2)cc1. The first-order valence-electron chi connectivity index (χ1n) is 5.65. The molecule has 1 aromatic heterocycles. The first-order valence-corrected chi connectivity index (χ1v) is 5.65. The van der Waals surface area contributed by atoms with E-state index < -0.39 is 0 Å². The Morgan fingerprint density at radius 1 is 1.29 bits per heavy atom. The van der Waals surface area contributed by atoms with Crippen molar-refractivity contribution in [1.82, 2.24) is 15.5 Å². The van der Waals surface area contributed by atoms with E-state index in [1.165, 1.54) is 5.56 Å². The molecular formula is C13H17N3O. The molecule has 0 saturated heterocycles. The monoisotopic (exact) mass is 231 g/mol. The molecule has 0 fully saturated rings. The van der Waals surface area contributed by atoms with E-state index in [1.54, 1.807) is 13.3 Å². The maximum Gasteiger partial charge on any atom is 0.118 e. The predicted molar refractivity (Wildman–Crippen MR) is 66.8 cm³/mol. The third-order valence-corrected chi connectivity index (χ3v) is 2.77. The van der Waals surface area contributed by atoms with Crippen LogP contribution >= 0.6 is 0 Å². The molecule has 1 heterocycles. The molecule has 0 saturated carbocycles. The van der Waals surface area contributed by atoms with Crippen LogP contribution < -0.4 is 10.1 Å². The summed E-state index contributed by atoms with van der Waals surface area (Å²) in [5.74, 6) is 0.884. The summed E-state index contributed by atoms with van der Waals surface area (Å²) < 4.78 is 5.13. The zero-order valence-electron chi connectivity index (χ0n) is 10.1. The van der Waals surface area contributed by atoms with Gasteiger partial charge in [0, 0.05) is 24.5 Å². The van der Waals surface area contributed by atoms with Gasteiger partial charge in [0.15, 0.2) is 0 Å². The van der Waals surface area contributed by atoms with Crippen LogP contribution in [0.5, 0.6) is 5.75 Å². The normalized spacial score (nSPS) is 12.4. The van der Waals surface area contributed by atoms with Gasteiger partial charge in [0.25, 0.3) is 0 Å². The van der Waals surface area contributed by atoms with Crippen molar-refractivity contribution in [2.45, 2.75) is 19.5 Å². The van der Waals surface area contributed by atoms with Gasteiger partial charge in [-0.25, -0.2) is 0 Å². The highest BCUT2D eigenvalue weighted by atomic mass is 16.5. The third-order valence-electron chi connectivity index (χ3n) is 2.77. The van der Waals surface area contributed by atoms with Crippen molar-refractivity contribution in [3.8, 4) is 5.75 Å². The third kappa shape index (κ3) is 3.07. The Morgan fingerprint density at radius 2 is 2.06 bits per heavy atom. The molecule has 4 nitrogen and oxygen atoms in total. The van der Waals surface area contributed by atoms with Gasteiger partial charge >= 0.3 is 0 Å². The molecular weight excluding hydrogens is 214 g/mol. The molecule has 4 heteroatoms. The Bertz CT molecular complexity index is 436. The van der Waals surface area contributed by atoms with Gasteiger partial charge in [-0.3, -0.25) is 5.10 Å². The number of hydrogen-bond acceptors (Lipinski definition) is 3. The van der Waals surface area contributed by atoms with Gasteiger partial charge in [-0.1, -0.05) is 12.1 Å². The summed E-state index contributed by atoms with van der Waals surface area (Å²) in [5.41, 5.74) is 2.33. The van der Waals surface area contributed by atoms with Crippen molar-refractivity contribution in [3.05, 3.63) is 47.8 Å². The number of nitrogens with one attached hydrogen (secondary N) is 2. The fraction of sp³-hybridized carbons (Fsp3) is 0.308. The summed E-state index contributed by atoms with van der Waals surface area (Å²) in [4.78, 5) is 0. The lowest BCUT2D eigenvalue weighted by molar-refractivity contribution is 0.414. The smallest absolute Gasteiger partial charge is 0.118 e. The lowest BCUT2D eigenvalue weighted by Gasteiger charge is -2.13. The van der Waals surface area contributed by atoms with Gasteiger partial charge in [0.05, 0.1) is 7.11 Å². The minimum atomic E-state index is 0.296. The van der Waals surface area contributed by atoms with Crippen LogP contribution in [0.4, 0.5) is 0 Å². The highest BCUT2D eigenvalue weighted by Crippen LogP contribution is 2.17. The molecule has 0 aliphatic carbocycles. The van der Waals surface area contributed by atoms with E-state index in [0.29, 0.717) is 6.04 Å². The molecule has 0 amide bonds. The summed E-state index contributed by atoms with van der Waals surface area (Å²) in [6.45, 7) is 2.92. The van der Waals surface area contributed by atoms with Crippen molar-refractivity contribution >= 4 is 0 Å². The number of methoxy groups -OCH3 is 1. The summed E-state index contributed by atoms with van der Waals surface area (Å²) >= 11 is 0. The number of aromatic amines is 1. The van der Waals surface area contributed by atoms with E-state index in [-0.39, 0.29) is 0 Å². The van der Waals surface area contributed by atoms with E-state index in [0.717, 1.165) is 18.0 Å². The first-order chi connectivity index (χ1) is 8.29. The van der Waals surface area contributed by atoms with E-state index >= 15 is 0 Å². The van der Waals surface area contributed by atoms with Crippen LogP contribution in [0, 0.1) is 0 Å². The average molecular weight is 231 g/mol. The molecule has 0 unspecified atom stereocenters. The predicted octanol–water partition coefficient (Wildman–Crippen LogP) is 2.27. The second kappa shape index (κ2) is 5.50. The van der Waals surface area contributed by atoms with Crippen molar-refractivity contribution in [1.29, 1.82) is 0 Å². The van der Waals surface area contributed by atoms with Gasteiger partial charge in [-0.05, 0) is 30.7 Å². The molecule has 0 aliphatic heterocycles. The molecule has 0 aliphatic rings. The fourth-order valence-electron chi connectivity index (χ4n) is 1.66. The van der Waals surface area contributed by atoms with Crippen molar-refractivity contribution in [2.75, 3.05) is 7.11 Å². The van der Waals surface area contributed by atoms with Gasteiger partial charge in [0.2, 0.25) is 0 Å². The zero-order chi connectivity index (χ0) is 12.1. The topological polar surface area (TPSA) is 49.9 Å². The highest BCUT2D eigenvalue weighted by Gasteiger charge is 2.05. The minimum absolute atomic E-state index is 0.296. The molecule has 0 radical (unpaired) electrons. The number of H-pyrrole nitrogens is 1. The maximum absolute atomic E-state index is 5.13. The summed E-state index contributed by atoms with van der Waals surface area (Å²) in [6.07, 6.45) is 1.76. The van der Waals surface area contributed by atoms with Crippen LogP contribution in [0.15, 0.2) is 36.5 Å². The van der Waals surface area contributed by atoms with Crippen molar-refractivity contribution < 1.29 is 4.74 Å². The molecule has 17 heavy (non-hydrogen) atoms. The van der Waals surface area contributed by atoms with Crippen LogP contribution in [0.25, 0.3) is 0 Å². The molecule has 1 aromatic carbocycles. The van der Waals surface area contributed by atoms with E-state index in [1.807, 2.05) is 18.2 Å². The van der Waals surface area contributed by atoms with Crippen LogP contribution in [0.1, 0.15) is 24.2 Å². The Hall–Kier alpha value is -1.81. The van der Waals surface area contributed by atoms with E-state index in [9.17, 15) is 0 Å². The van der Waals surface area contributed by atoms with Crippen LogP contribution in [-0.2, 0) is 6.54 Å². The van der Waals surface area contributed by atoms with Crippen molar-refractivity contribution in [2.24, 2.45) is 0 Å². The maximum atomic E-state index is 5.13. The van der Waals surface area contributed by atoms with E-state index in [4.69, 9.17) is 4.74 Å². The lowest BCUT2D eigenvalue weighted by atomic mass is 10.1. The largest absolute Gasteiger partial charge is 0.497 e. The molecule has 0 bridgehead atoms. The van der Waals surface area contributed by atoms with Crippen molar-refractivity contribution in [3.63, 3.8) is 0 Å². The molecule has 1 atom stereocenters. The minimum Gasteiger partial charge on any atom is -0.497 e. The van der Waals surface area contributed by atoms with Crippen LogP contribution in [0.3, 0.4) is 0 Å². The van der Waals surface area contributed by atoms with Gasteiger partial charge in [-0.15, -0.1) is 0 Å². The number of rotatable bonds is 5. The zero-order valence-corrected chi connectivity index (χ0v) is 10.1. The Labute approximate surface area is 101 Å².